The lowest BCUT2D eigenvalue weighted by atomic mass is 9.76. The summed E-state index contributed by atoms with van der Waals surface area (Å²) in [6.45, 7) is 0. The van der Waals surface area contributed by atoms with Crippen LogP contribution in [0.15, 0.2) is 78.9 Å². The number of benzene rings is 3. The van der Waals surface area contributed by atoms with Gasteiger partial charge < -0.3 is 0 Å². The molecule has 0 heterocycles. The highest BCUT2D eigenvalue weighted by Gasteiger charge is 2.52. The summed E-state index contributed by atoms with van der Waals surface area (Å²) in [7, 11) is 0. The number of carbonyl (C=O) groups is 1. The van der Waals surface area contributed by atoms with Gasteiger partial charge in [0.05, 0.1) is 5.41 Å². The van der Waals surface area contributed by atoms with E-state index in [1.165, 1.54) is 22.3 Å². The molecule has 0 N–H and O–H groups in total. The lowest BCUT2D eigenvalue weighted by Gasteiger charge is -2.24. The fourth-order valence-corrected chi connectivity index (χ4v) is 4.47. The first kappa shape index (κ1) is 14.4. The van der Waals surface area contributed by atoms with Crippen LogP contribution in [0.1, 0.15) is 32.6 Å². The molecule has 120 valence electrons. The molecule has 0 bridgehead atoms. The number of Topliss-reactive ketones (excluding diaryl/α,β-unsaturated/α-hetero) is 1. The molecule has 0 amide bonds. The molecule has 0 aromatic heterocycles. The lowest BCUT2D eigenvalue weighted by molar-refractivity contribution is 0.0890. The maximum atomic E-state index is 13.4. The van der Waals surface area contributed by atoms with Gasteiger partial charge in [0.1, 0.15) is 0 Å². The Labute approximate surface area is 147 Å². The molecule has 3 aromatic carbocycles. The molecule has 2 aliphatic rings. The third kappa shape index (κ3) is 2.05. The van der Waals surface area contributed by atoms with Gasteiger partial charge in [0, 0.05) is 5.56 Å². The minimum absolute atomic E-state index is 0.279. The fraction of sp³-hybridized carbons (Fsp3) is 0.125. The molecule has 0 saturated heterocycles. The molecule has 1 atom stereocenters. The zero-order valence-corrected chi connectivity index (χ0v) is 13.9. The highest BCUT2D eigenvalue weighted by Crippen LogP contribution is 2.54. The Bertz CT molecular complexity index is 1010. The molecular formula is C24H18O. The minimum Gasteiger partial charge on any atom is -0.293 e. The van der Waals surface area contributed by atoms with Crippen molar-refractivity contribution in [3.63, 3.8) is 0 Å². The van der Waals surface area contributed by atoms with Crippen molar-refractivity contribution in [2.45, 2.75) is 12.8 Å². The van der Waals surface area contributed by atoms with E-state index in [0.29, 0.717) is 0 Å². The normalized spacial score (nSPS) is 22.4. The Hall–Kier alpha value is -2.93. The monoisotopic (exact) mass is 322 g/mol. The van der Waals surface area contributed by atoms with E-state index in [9.17, 15) is 4.79 Å². The maximum Gasteiger partial charge on any atom is 0.174 e. The van der Waals surface area contributed by atoms with E-state index in [-0.39, 0.29) is 5.78 Å². The van der Waals surface area contributed by atoms with Crippen LogP contribution in [0, 0.1) is 5.41 Å². The van der Waals surface area contributed by atoms with Crippen LogP contribution in [0.4, 0.5) is 0 Å². The van der Waals surface area contributed by atoms with Gasteiger partial charge in [-0.2, -0.15) is 0 Å². The van der Waals surface area contributed by atoms with Crippen LogP contribution in [0.25, 0.3) is 11.6 Å². The van der Waals surface area contributed by atoms with E-state index in [1.54, 1.807) is 0 Å². The molecule has 0 radical (unpaired) electrons. The van der Waals surface area contributed by atoms with Gasteiger partial charge >= 0.3 is 0 Å². The van der Waals surface area contributed by atoms with Crippen LogP contribution in [0.2, 0.25) is 0 Å². The van der Waals surface area contributed by atoms with Crippen LogP contribution < -0.4 is 0 Å². The highest BCUT2D eigenvalue weighted by molar-refractivity contribution is 6.15. The number of allylic oxidation sites excluding steroid dienone is 1. The first-order chi connectivity index (χ1) is 12.3. The number of hydrogen-bond donors (Lipinski definition) is 0. The molecular weight excluding hydrogens is 304 g/mol. The van der Waals surface area contributed by atoms with Gasteiger partial charge in [0.2, 0.25) is 0 Å². The summed E-state index contributed by atoms with van der Waals surface area (Å²) in [5, 5.41) is 0. The molecule has 3 aromatic rings. The zero-order valence-electron chi connectivity index (χ0n) is 13.9. The Kier molecular flexibility index (Phi) is 3.05. The first-order valence-corrected chi connectivity index (χ1v) is 8.76. The molecule has 25 heavy (non-hydrogen) atoms. The second-order valence-corrected chi connectivity index (χ2v) is 7.05. The minimum atomic E-state index is -0.441. The average Bonchev–Trinajstić information content (AvgIpc) is 3.12. The highest BCUT2D eigenvalue weighted by atomic mass is 16.1. The largest absolute Gasteiger partial charge is 0.293 e. The van der Waals surface area contributed by atoms with Gasteiger partial charge in [-0.1, -0.05) is 84.9 Å². The SMILES string of the molecule is O=C1c2ccccc2CC12Cc1ccccc1/C2=C/c1ccccc1. The van der Waals surface area contributed by atoms with Gasteiger partial charge in [-0.3, -0.25) is 4.79 Å². The van der Waals surface area contributed by atoms with Crippen molar-refractivity contribution >= 4 is 17.4 Å². The van der Waals surface area contributed by atoms with E-state index in [0.717, 1.165) is 24.0 Å². The Morgan fingerprint density at radius 1 is 0.680 bits per heavy atom. The smallest absolute Gasteiger partial charge is 0.174 e. The maximum absolute atomic E-state index is 13.4. The summed E-state index contributed by atoms with van der Waals surface area (Å²) in [4.78, 5) is 13.4. The number of ketones is 1. The van der Waals surface area contributed by atoms with E-state index in [1.807, 2.05) is 36.4 Å². The summed E-state index contributed by atoms with van der Waals surface area (Å²) in [5.74, 6) is 0.279. The second kappa shape index (κ2) is 5.29. The van der Waals surface area contributed by atoms with Crippen LogP contribution >= 0.6 is 0 Å². The molecule has 1 spiro atoms. The quantitative estimate of drug-likeness (QED) is 0.601. The van der Waals surface area contributed by atoms with Crippen molar-refractivity contribution in [2.75, 3.05) is 0 Å². The number of hydrogen-bond acceptors (Lipinski definition) is 1. The van der Waals surface area contributed by atoms with Gasteiger partial charge in [0.15, 0.2) is 5.78 Å². The molecule has 1 nitrogen and oxygen atoms in total. The molecule has 2 aliphatic carbocycles. The van der Waals surface area contributed by atoms with Gasteiger partial charge in [-0.05, 0) is 40.7 Å². The number of rotatable bonds is 1. The van der Waals surface area contributed by atoms with Gasteiger partial charge in [0.25, 0.3) is 0 Å². The Morgan fingerprint density at radius 2 is 1.24 bits per heavy atom. The fourth-order valence-electron chi connectivity index (χ4n) is 4.47. The van der Waals surface area contributed by atoms with Crippen molar-refractivity contribution in [1.82, 2.24) is 0 Å². The van der Waals surface area contributed by atoms with E-state index >= 15 is 0 Å². The summed E-state index contributed by atoms with van der Waals surface area (Å²) in [6, 6.07) is 26.9. The molecule has 0 aliphatic heterocycles. The molecule has 0 fully saturated rings. The Morgan fingerprint density at radius 3 is 1.92 bits per heavy atom. The van der Waals surface area contributed by atoms with E-state index in [2.05, 4.69) is 48.5 Å². The second-order valence-electron chi connectivity index (χ2n) is 7.05. The summed E-state index contributed by atoms with van der Waals surface area (Å²) in [5.41, 5.74) is 6.48. The Balaban J connectivity index is 1.73. The van der Waals surface area contributed by atoms with Crippen molar-refractivity contribution < 1.29 is 4.79 Å². The van der Waals surface area contributed by atoms with Crippen molar-refractivity contribution in [3.8, 4) is 0 Å². The van der Waals surface area contributed by atoms with E-state index in [4.69, 9.17) is 0 Å². The predicted octanol–water partition coefficient (Wildman–Crippen LogP) is 5.21. The van der Waals surface area contributed by atoms with Crippen molar-refractivity contribution in [2.24, 2.45) is 5.41 Å². The summed E-state index contributed by atoms with van der Waals surface area (Å²) < 4.78 is 0. The van der Waals surface area contributed by atoms with E-state index < -0.39 is 5.41 Å². The lowest BCUT2D eigenvalue weighted by Crippen LogP contribution is -2.27. The standard InChI is InChI=1S/C24H18O/c25-23-21-13-7-5-11-19(21)16-24(23)15-18-10-4-6-12-20(18)22(24)14-17-8-2-1-3-9-17/h1-14H,15-16H2/b22-14-. The molecule has 1 heteroatoms. The van der Waals surface area contributed by atoms with Crippen molar-refractivity contribution in [3.05, 3.63) is 107 Å². The van der Waals surface area contributed by atoms with Gasteiger partial charge in [-0.15, -0.1) is 0 Å². The molecule has 1 unspecified atom stereocenters. The average molecular weight is 322 g/mol. The zero-order chi connectivity index (χ0) is 16.9. The van der Waals surface area contributed by atoms with Gasteiger partial charge in [-0.25, -0.2) is 0 Å². The summed E-state index contributed by atoms with van der Waals surface area (Å²) in [6.07, 6.45) is 3.82. The third-order valence-electron chi connectivity index (χ3n) is 5.61. The molecule has 5 rings (SSSR count). The van der Waals surface area contributed by atoms with Crippen LogP contribution in [-0.2, 0) is 12.8 Å². The predicted molar refractivity (Wildman–Crippen MR) is 101 cm³/mol. The number of carbonyl (C=O) groups excluding carboxylic acids is 1. The molecule has 0 saturated carbocycles. The first-order valence-electron chi connectivity index (χ1n) is 8.76. The summed E-state index contributed by atoms with van der Waals surface area (Å²) >= 11 is 0. The topological polar surface area (TPSA) is 17.1 Å². The van der Waals surface area contributed by atoms with Crippen LogP contribution in [0.3, 0.4) is 0 Å². The van der Waals surface area contributed by atoms with Crippen molar-refractivity contribution in [1.29, 1.82) is 0 Å². The van der Waals surface area contributed by atoms with Crippen LogP contribution in [-0.4, -0.2) is 5.78 Å². The third-order valence-corrected chi connectivity index (χ3v) is 5.61. The number of fused-ring (bicyclic) bond motifs is 2. The van der Waals surface area contributed by atoms with Crippen LogP contribution in [0.5, 0.6) is 0 Å².